The van der Waals surface area contributed by atoms with Crippen LogP contribution in [0, 0.1) is 0 Å². The molecule has 0 aromatic carbocycles. The van der Waals surface area contributed by atoms with Crippen LogP contribution in [0.15, 0.2) is 0 Å². The van der Waals surface area contributed by atoms with E-state index < -0.39 is 0 Å². The molecule has 1 amide bonds. The summed E-state index contributed by atoms with van der Waals surface area (Å²) < 4.78 is 5.25. The second-order valence-electron chi connectivity index (χ2n) is 3.65. The Morgan fingerprint density at radius 1 is 1.54 bits per heavy atom. The number of nitrogens with one attached hydrogen (secondary N) is 1. The molecule has 0 unspecified atom stereocenters. The van der Waals surface area contributed by atoms with Crippen LogP contribution in [0.3, 0.4) is 0 Å². The van der Waals surface area contributed by atoms with Crippen molar-refractivity contribution in [1.82, 2.24) is 5.32 Å². The van der Waals surface area contributed by atoms with Crippen LogP contribution in [0.1, 0.15) is 19.8 Å². The molecule has 3 nitrogen and oxygen atoms in total. The Kier molecular flexibility index (Phi) is 4.06. The van der Waals surface area contributed by atoms with Gasteiger partial charge in [0.1, 0.15) is 0 Å². The van der Waals surface area contributed by atoms with Crippen molar-refractivity contribution in [2.24, 2.45) is 0 Å². The molecule has 1 saturated heterocycles. The minimum Gasteiger partial charge on any atom is -0.381 e. The highest BCUT2D eigenvalue weighted by atomic mass is 32.2. The van der Waals surface area contributed by atoms with Crippen LogP contribution in [0.4, 0.5) is 0 Å². The van der Waals surface area contributed by atoms with E-state index in [1.165, 1.54) is 0 Å². The SMILES string of the molecule is CSCC(=O)NC1(C)CCOCC1. The number of hydrogen-bond acceptors (Lipinski definition) is 3. The molecule has 1 fully saturated rings. The van der Waals surface area contributed by atoms with Crippen LogP contribution in [-0.4, -0.2) is 36.7 Å². The molecule has 0 aliphatic carbocycles. The molecular weight excluding hydrogens is 186 g/mol. The van der Waals surface area contributed by atoms with E-state index in [1.807, 2.05) is 6.26 Å². The Morgan fingerprint density at radius 2 is 2.15 bits per heavy atom. The Morgan fingerprint density at radius 3 is 2.69 bits per heavy atom. The number of rotatable bonds is 3. The standard InChI is InChI=1S/C9H17NO2S/c1-9(3-5-12-6-4-9)10-8(11)7-13-2/h3-7H2,1-2H3,(H,10,11). The molecule has 76 valence electrons. The maximum atomic E-state index is 11.3. The van der Waals surface area contributed by atoms with Gasteiger partial charge in [-0.2, -0.15) is 11.8 Å². The minimum atomic E-state index is -0.0366. The predicted molar refractivity (Wildman–Crippen MR) is 55.0 cm³/mol. The van der Waals surface area contributed by atoms with Gasteiger partial charge in [-0.1, -0.05) is 0 Å². The highest BCUT2D eigenvalue weighted by Crippen LogP contribution is 2.19. The van der Waals surface area contributed by atoms with Crippen molar-refractivity contribution in [3.05, 3.63) is 0 Å². The highest BCUT2D eigenvalue weighted by Gasteiger charge is 2.28. The van der Waals surface area contributed by atoms with Crippen molar-refractivity contribution in [3.63, 3.8) is 0 Å². The molecule has 0 aromatic rings. The van der Waals surface area contributed by atoms with Crippen LogP contribution in [0.5, 0.6) is 0 Å². The third-order valence-corrected chi connectivity index (χ3v) is 2.86. The maximum Gasteiger partial charge on any atom is 0.230 e. The summed E-state index contributed by atoms with van der Waals surface area (Å²) >= 11 is 1.55. The monoisotopic (exact) mass is 203 g/mol. The van der Waals surface area contributed by atoms with E-state index >= 15 is 0 Å². The zero-order valence-corrected chi connectivity index (χ0v) is 9.08. The number of hydrogen-bond donors (Lipinski definition) is 1. The summed E-state index contributed by atoms with van der Waals surface area (Å²) in [6, 6.07) is 0. The van der Waals surface area contributed by atoms with Crippen molar-refractivity contribution in [2.75, 3.05) is 25.2 Å². The van der Waals surface area contributed by atoms with E-state index in [-0.39, 0.29) is 11.4 Å². The second kappa shape index (κ2) is 4.86. The minimum absolute atomic E-state index is 0.0366. The molecule has 1 heterocycles. The molecule has 0 bridgehead atoms. The zero-order chi connectivity index (χ0) is 9.73. The average Bonchev–Trinajstić information content (AvgIpc) is 2.04. The van der Waals surface area contributed by atoms with Gasteiger partial charge in [-0.05, 0) is 26.0 Å². The number of carbonyl (C=O) groups excluding carboxylic acids is 1. The summed E-state index contributed by atoms with van der Waals surface area (Å²) in [6.45, 7) is 3.61. The van der Waals surface area contributed by atoms with Crippen LogP contribution in [0.25, 0.3) is 0 Å². The predicted octanol–water partition coefficient (Wildman–Crippen LogP) is 1.03. The molecule has 1 aliphatic heterocycles. The van der Waals surface area contributed by atoms with Gasteiger partial charge in [0.25, 0.3) is 0 Å². The summed E-state index contributed by atoms with van der Waals surface area (Å²) in [4.78, 5) is 11.3. The molecule has 0 saturated carbocycles. The lowest BCUT2D eigenvalue weighted by Gasteiger charge is -2.34. The molecule has 1 N–H and O–H groups in total. The summed E-state index contributed by atoms with van der Waals surface area (Å²) in [7, 11) is 0. The zero-order valence-electron chi connectivity index (χ0n) is 8.26. The number of carbonyl (C=O) groups is 1. The second-order valence-corrected chi connectivity index (χ2v) is 4.52. The van der Waals surface area contributed by atoms with Crippen molar-refractivity contribution in [1.29, 1.82) is 0 Å². The first-order chi connectivity index (χ1) is 6.16. The third-order valence-electron chi connectivity index (χ3n) is 2.31. The van der Waals surface area contributed by atoms with Crippen molar-refractivity contribution < 1.29 is 9.53 Å². The Hall–Kier alpha value is -0.220. The quantitative estimate of drug-likeness (QED) is 0.744. The van der Waals surface area contributed by atoms with Gasteiger partial charge in [0.15, 0.2) is 0 Å². The van der Waals surface area contributed by atoms with E-state index in [4.69, 9.17) is 4.74 Å². The smallest absolute Gasteiger partial charge is 0.230 e. The summed E-state index contributed by atoms with van der Waals surface area (Å²) in [5, 5.41) is 3.06. The van der Waals surface area contributed by atoms with Crippen LogP contribution < -0.4 is 5.32 Å². The van der Waals surface area contributed by atoms with Crippen LogP contribution in [0.2, 0.25) is 0 Å². The molecule has 0 aromatic heterocycles. The van der Waals surface area contributed by atoms with E-state index in [0.717, 1.165) is 26.1 Å². The Balaban J connectivity index is 2.36. The summed E-state index contributed by atoms with van der Waals surface area (Å²) in [5.74, 6) is 0.688. The number of ether oxygens (including phenoxy) is 1. The van der Waals surface area contributed by atoms with Crippen molar-refractivity contribution >= 4 is 17.7 Å². The van der Waals surface area contributed by atoms with Gasteiger partial charge >= 0.3 is 0 Å². The fourth-order valence-electron chi connectivity index (χ4n) is 1.45. The Labute approximate surface area is 83.6 Å². The number of thioether (sulfide) groups is 1. The van der Waals surface area contributed by atoms with Crippen molar-refractivity contribution in [3.8, 4) is 0 Å². The fraction of sp³-hybridized carbons (Fsp3) is 0.889. The summed E-state index contributed by atoms with van der Waals surface area (Å²) in [5.41, 5.74) is -0.0366. The van der Waals surface area contributed by atoms with Crippen LogP contribution >= 0.6 is 11.8 Å². The molecule has 0 atom stereocenters. The van der Waals surface area contributed by atoms with Gasteiger partial charge < -0.3 is 10.1 Å². The number of amides is 1. The normalized spacial score (nSPS) is 21.1. The Bertz CT molecular complexity index is 178. The van der Waals surface area contributed by atoms with Gasteiger partial charge in [0, 0.05) is 18.8 Å². The molecule has 4 heteroatoms. The van der Waals surface area contributed by atoms with E-state index in [1.54, 1.807) is 11.8 Å². The van der Waals surface area contributed by atoms with E-state index in [2.05, 4.69) is 12.2 Å². The first-order valence-electron chi connectivity index (χ1n) is 4.54. The van der Waals surface area contributed by atoms with Gasteiger partial charge in [-0.25, -0.2) is 0 Å². The third kappa shape index (κ3) is 3.56. The van der Waals surface area contributed by atoms with Gasteiger partial charge in [0.2, 0.25) is 5.91 Å². The lowest BCUT2D eigenvalue weighted by Crippen LogP contribution is -2.50. The maximum absolute atomic E-state index is 11.3. The first-order valence-corrected chi connectivity index (χ1v) is 5.93. The van der Waals surface area contributed by atoms with E-state index in [0.29, 0.717) is 5.75 Å². The lowest BCUT2D eigenvalue weighted by atomic mass is 9.92. The lowest BCUT2D eigenvalue weighted by molar-refractivity contribution is -0.121. The molecule has 0 spiro atoms. The first kappa shape index (κ1) is 10.9. The van der Waals surface area contributed by atoms with Gasteiger partial charge in [-0.3, -0.25) is 4.79 Å². The van der Waals surface area contributed by atoms with Gasteiger partial charge in [0.05, 0.1) is 5.75 Å². The largest absolute Gasteiger partial charge is 0.381 e. The molecular formula is C9H17NO2S. The van der Waals surface area contributed by atoms with Crippen LogP contribution in [-0.2, 0) is 9.53 Å². The average molecular weight is 203 g/mol. The molecule has 13 heavy (non-hydrogen) atoms. The van der Waals surface area contributed by atoms with Crippen molar-refractivity contribution in [2.45, 2.75) is 25.3 Å². The molecule has 1 rings (SSSR count). The van der Waals surface area contributed by atoms with E-state index in [9.17, 15) is 4.79 Å². The van der Waals surface area contributed by atoms with Gasteiger partial charge in [-0.15, -0.1) is 0 Å². The molecule has 1 aliphatic rings. The summed E-state index contributed by atoms with van der Waals surface area (Å²) in [6.07, 6.45) is 3.78. The highest BCUT2D eigenvalue weighted by molar-refractivity contribution is 7.99. The topological polar surface area (TPSA) is 38.3 Å². The fourth-order valence-corrected chi connectivity index (χ4v) is 1.79. The molecule has 0 radical (unpaired) electrons.